The van der Waals surface area contributed by atoms with E-state index in [0.29, 0.717) is 17.3 Å². The van der Waals surface area contributed by atoms with Gasteiger partial charge in [-0.3, -0.25) is 4.68 Å². The van der Waals surface area contributed by atoms with Crippen LogP contribution in [0, 0.1) is 6.92 Å². The molecule has 0 radical (unpaired) electrons. The Morgan fingerprint density at radius 1 is 1.40 bits per heavy atom. The van der Waals surface area contributed by atoms with E-state index in [1.54, 1.807) is 29.2 Å². The molecule has 2 heterocycles. The fraction of sp³-hybridized carbons (Fsp3) is 0.200. The fourth-order valence-electron chi connectivity index (χ4n) is 1.18. The maximum Gasteiger partial charge on any atom is 0.219 e. The summed E-state index contributed by atoms with van der Waals surface area (Å²) >= 11 is 0. The molecule has 5 nitrogen and oxygen atoms in total. The monoisotopic (exact) mass is 204 g/mol. The van der Waals surface area contributed by atoms with Gasteiger partial charge in [-0.1, -0.05) is 0 Å². The summed E-state index contributed by atoms with van der Waals surface area (Å²) in [4.78, 5) is 4.19. The lowest BCUT2D eigenvalue weighted by Crippen LogP contribution is -1.94. The minimum absolute atomic E-state index is 0.523. The van der Waals surface area contributed by atoms with Crippen LogP contribution in [0.3, 0.4) is 0 Å². The second kappa shape index (κ2) is 3.61. The second-order valence-electron chi connectivity index (χ2n) is 3.28. The van der Waals surface area contributed by atoms with Crippen LogP contribution in [-0.2, 0) is 7.05 Å². The zero-order chi connectivity index (χ0) is 10.8. The van der Waals surface area contributed by atoms with Crippen LogP contribution in [0.25, 0.3) is 0 Å². The molecule has 0 aliphatic heterocycles. The van der Waals surface area contributed by atoms with E-state index in [2.05, 4.69) is 10.1 Å². The number of pyridine rings is 1. The maximum atomic E-state index is 5.65. The minimum atomic E-state index is 0.523. The number of hydrogen-bond acceptors (Lipinski definition) is 4. The number of aryl methyl sites for hydroxylation is 2. The Morgan fingerprint density at radius 2 is 2.20 bits per heavy atom. The number of ether oxygens (including phenoxy) is 1. The zero-order valence-electron chi connectivity index (χ0n) is 8.64. The molecule has 0 aliphatic carbocycles. The summed E-state index contributed by atoms with van der Waals surface area (Å²) in [5.74, 6) is 1.18. The predicted octanol–water partition coefficient (Wildman–Crippen LogP) is 1.50. The summed E-state index contributed by atoms with van der Waals surface area (Å²) in [7, 11) is 1.83. The standard InChI is InChI=1S/C10H12N4O/c1-7-9(11)3-4-10(13-7)15-8-5-12-14(2)6-8/h3-6H,11H2,1-2H3. The molecule has 78 valence electrons. The quantitative estimate of drug-likeness (QED) is 0.805. The van der Waals surface area contributed by atoms with Crippen molar-refractivity contribution in [1.29, 1.82) is 0 Å². The Bertz CT molecular complexity index is 478. The largest absolute Gasteiger partial charge is 0.436 e. The van der Waals surface area contributed by atoms with Crippen molar-refractivity contribution >= 4 is 5.69 Å². The average Bonchev–Trinajstić information content (AvgIpc) is 2.58. The number of hydrogen-bond donors (Lipinski definition) is 1. The van der Waals surface area contributed by atoms with Gasteiger partial charge in [0.25, 0.3) is 0 Å². The van der Waals surface area contributed by atoms with Gasteiger partial charge in [0.2, 0.25) is 5.88 Å². The molecule has 2 rings (SSSR count). The maximum absolute atomic E-state index is 5.65. The van der Waals surface area contributed by atoms with E-state index in [1.807, 2.05) is 14.0 Å². The average molecular weight is 204 g/mol. The molecule has 5 heteroatoms. The van der Waals surface area contributed by atoms with E-state index < -0.39 is 0 Å². The van der Waals surface area contributed by atoms with E-state index in [1.165, 1.54) is 0 Å². The molecular formula is C10H12N4O. The lowest BCUT2D eigenvalue weighted by molar-refractivity contribution is 0.461. The van der Waals surface area contributed by atoms with Crippen LogP contribution in [0.2, 0.25) is 0 Å². The molecule has 0 saturated heterocycles. The van der Waals surface area contributed by atoms with Gasteiger partial charge in [-0.05, 0) is 13.0 Å². The van der Waals surface area contributed by atoms with E-state index >= 15 is 0 Å². The number of aromatic nitrogens is 3. The Hall–Kier alpha value is -2.04. The van der Waals surface area contributed by atoms with Crippen molar-refractivity contribution in [3.8, 4) is 11.6 Å². The summed E-state index contributed by atoms with van der Waals surface area (Å²) in [6, 6.07) is 3.50. The highest BCUT2D eigenvalue weighted by atomic mass is 16.5. The molecule has 0 aromatic carbocycles. The molecule has 0 bridgehead atoms. The molecule has 0 fully saturated rings. The second-order valence-corrected chi connectivity index (χ2v) is 3.28. The van der Waals surface area contributed by atoms with Crippen molar-refractivity contribution < 1.29 is 4.74 Å². The van der Waals surface area contributed by atoms with Gasteiger partial charge in [-0.2, -0.15) is 5.10 Å². The van der Waals surface area contributed by atoms with Crippen molar-refractivity contribution in [1.82, 2.24) is 14.8 Å². The molecule has 0 aliphatic rings. The zero-order valence-corrected chi connectivity index (χ0v) is 8.64. The van der Waals surface area contributed by atoms with Crippen molar-refractivity contribution in [2.75, 3.05) is 5.73 Å². The molecule has 2 aromatic heterocycles. The first kappa shape index (κ1) is 9.51. The molecular weight excluding hydrogens is 192 g/mol. The lowest BCUT2D eigenvalue weighted by atomic mass is 10.3. The van der Waals surface area contributed by atoms with Crippen molar-refractivity contribution in [2.24, 2.45) is 7.05 Å². The van der Waals surface area contributed by atoms with Gasteiger partial charge in [-0.25, -0.2) is 4.98 Å². The number of nitrogens with two attached hydrogens (primary N) is 1. The summed E-state index contributed by atoms with van der Waals surface area (Å²) < 4.78 is 7.15. The van der Waals surface area contributed by atoms with Crippen molar-refractivity contribution in [3.63, 3.8) is 0 Å². The Morgan fingerprint density at radius 3 is 2.80 bits per heavy atom. The molecule has 0 saturated carbocycles. The van der Waals surface area contributed by atoms with Crippen LogP contribution in [0.1, 0.15) is 5.69 Å². The van der Waals surface area contributed by atoms with Crippen LogP contribution in [0.5, 0.6) is 11.6 Å². The number of nitrogen functional groups attached to an aromatic ring is 1. The highest BCUT2D eigenvalue weighted by molar-refractivity contribution is 5.44. The molecule has 2 aromatic rings. The van der Waals surface area contributed by atoms with Gasteiger partial charge in [-0.15, -0.1) is 0 Å². The third-order valence-electron chi connectivity index (χ3n) is 2.00. The number of nitrogens with zero attached hydrogens (tertiary/aromatic N) is 3. The first-order valence-corrected chi connectivity index (χ1v) is 4.55. The first-order chi connectivity index (χ1) is 7.15. The van der Waals surface area contributed by atoms with E-state index in [0.717, 1.165) is 5.69 Å². The molecule has 15 heavy (non-hydrogen) atoms. The highest BCUT2D eigenvalue weighted by Gasteiger charge is 2.02. The van der Waals surface area contributed by atoms with E-state index in [9.17, 15) is 0 Å². The van der Waals surface area contributed by atoms with Crippen LogP contribution < -0.4 is 10.5 Å². The van der Waals surface area contributed by atoms with Crippen LogP contribution in [0.4, 0.5) is 5.69 Å². The predicted molar refractivity (Wildman–Crippen MR) is 56.7 cm³/mol. The fourth-order valence-corrected chi connectivity index (χ4v) is 1.18. The van der Waals surface area contributed by atoms with Gasteiger partial charge < -0.3 is 10.5 Å². The van der Waals surface area contributed by atoms with Gasteiger partial charge in [0.1, 0.15) is 0 Å². The first-order valence-electron chi connectivity index (χ1n) is 4.55. The van der Waals surface area contributed by atoms with Crippen LogP contribution in [-0.4, -0.2) is 14.8 Å². The van der Waals surface area contributed by atoms with E-state index in [4.69, 9.17) is 10.5 Å². The van der Waals surface area contributed by atoms with Gasteiger partial charge in [0, 0.05) is 13.1 Å². The van der Waals surface area contributed by atoms with Gasteiger partial charge in [0.05, 0.1) is 23.8 Å². The van der Waals surface area contributed by atoms with Crippen LogP contribution in [0.15, 0.2) is 24.5 Å². The summed E-state index contributed by atoms with van der Waals surface area (Å²) in [6.45, 7) is 1.84. The summed E-state index contributed by atoms with van der Waals surface area (Å²) in [5.41, 5.74) is 7.07. The molecule has 0 amide bonds. The smallest absolute Gasteiger partial charge is 0.219 e. The summed E-state index contributed by atoms with van der Waals surface area (Å²) in [6.07, 6.45) is 3.40. The molecule has 0 spiro atoms. The number of anilines is 1. The SMILES string of the molecule is Cc1nc(Oc2cnn(C)c2)ccc1N. The molecule has 0 unspecified atom stereocenters. The molecule has 0 atom stereocenters. The minimum Gasteiger partial charge on any atom is -0.436 e. The third-order valence-corrected chi connectivity index (χ3v) is 2.00. The number of rotatable bonds is 2. The Labute approximate surface area is 87.5 Å². The third kappa shape index (κ3) is 2.07. The molecule has 2 N–H and O–H groups in total. The van der Waals surface area contributed by atoms with Crippen molar-refractivity contribution in [3.05, 3.63) is 30.2 Å². The Balaban J connectivity index is 2.21. The topological polar surface area (TPSA) is 66.0 Å². The van der Waals surface area contributed by atoms with Gasteiger partial charge >= 0.3 is 0 Å². The van der Waals surface area contributed by atoms with E-state index in [-0.39, 0.29) is 0 Å². The van der Waals surface area contributed by atoms with Gasteiger partial charge in [0.15, 0.2) is 5.75 Å². The lowest BCUT2D eigenvalue weighted by Gasteiger charge is -2.03. The van der Waals surface area contributed by atoms with Crippen LogP contribution >= 0.6 is 0 Å². The normalized spacial score (nSPS) is 10.3. The highest BCUT2D eigenvalue weighted by Crippen LogP contribution is 2.20. The summed E-state index contributed by atoms with van der Waals surface area (Å²) in [5, 5.41) is 3.99. The van der Waals surface area contributed by atoms with Crippen molar-refractivity contribution in [2.45, 2.75) is 6.92 Å². The Kier molecular flexibility index (Phi) is 2.29.